The molecule has 0 N–H and O–H groups in total. The van der Waals surface area contributed by atoms with Crippen molar-refractivity contribution in [1.82, 2.24) is 4.98 Å². The highest BCUT2D eigenvalue weighted by atomic mass is 79.9. The first-order valence-corrected chi connectivity index (χ1v) is 5.13. The highest BCUT2D eigenvalue weighted by Crippen LogP contribution is 2.26. The standard InChI is InChI=1S/C11H10BrN/c1-2-8-6-13-7-9-4-3-5-10(12)11(8)9/h3-7H,2H2,1H3. The van der Waals surface area contributed by atoms with Crippen molar-refractivity contribution in [3.63, 3.8) is 0 Å². The number of hydrogen-bond donors (Lipinski definition) is 0. The van der Waals surface area contributed by atoms with Gasteiger partial charge in [0.25, 0.3) is 0 Å². The van der Waals surface area contributed by atoms with Crippen LogP contribution in [0.3, 0.4) is 0 Å². The summed E-state index contributed by atoms with van der Waals surface area (Å²) in [7, 11) is 0. The van der Waals surface area contributed by atoms with Gasteiger partial charge in [-0.25, -0.2) is 0 Å². The Morgan fingerprint density at radius 2 is 2.15 bits per heavy atom. The number of pyridine rings is 1. The lowest BCUT2D eigenvalue weighted by atomic mass is 10.1. The molecule has 2 rings (SSSR count). The molecule has 0 saturated carbocycles. The van der Waals surface area contributed by atoms with Gasteiger partial charge in [-0.3, -0.25) is 4.98 Å². The smallest absolute Gasteiger partial charge is 0.0346 e. The third-order valence-electron chi connectivity index (χ3n) is 2.19. The maximum atomic E-state index is 4.20. The van der Waals surface area contributed by atoms with E-state index in [9.17, 15) is 0 Å². The summed E-state index contributed by atoms with van der Waals surface area (Å²) in [5, 5.41) is 2.49. The number of halogens is 1. The molecule has 1 aromatic carbocycles. The summed E-state index contributed by atoms with van der Waals surface area (Å²) in [6.07, 6.45) is 4.86. The SMILES string of the molecule is CCc1cncc2cccc(Br)c12. The van der Waals surface area contributed by atoms with Crippen LogP contribution in [0.2, 0.25) is 0 Å². The number of nitrogens with zero attached hydrogens (tertiary/aromatic N) is 1. The molecule has 0 unspecified atom stereocenters. The van der Waals surface area contributed by atoms with E-state index in [4.69, 9.17) is 0 Å². The van der Waals surface area contributed by atoms with Gasteiger partial charge in [0.15, 0.2) is 0 Å². The van der Waals surface area contributed by atoms with E-state index in [-0.39, 0.29) is 0 Å². The molecule has 0 aliphatic rings. The Kier molecular flexibility index (Phi) is 2.32. The van der Waals surface area contributed by atoms with Crippen molar-refractivity contribution in [2.75, 3.05) is 0 Å². The van der Waals surface area contributed by atoms with Gasteiger partial charge in [0, 0.05) is 27.6 Å². The molecule has 0 aliphatic carbocycles. The van der Waals surface area contributed by atoms with Gasteiger partial charge in [-0.1, -0.05) is 35.0 Å². The molecule has 0 radical (unpaired) electrons. The number of fused-ring (bicyclic) bond motifs is 1. The van der Waals surface area contributed by atoms with Gasteiger partial charge in [0.1, 0.15) is 0 Å². The lowest BCUT2D eigenvalue weighted by Crippen LogP contribution is -1.86. The fourth-order valence-electron chi connectivity index (χ4n) is 1.53. The number of aryl methyl sites for hydroxylation is 1. The molecular formula is C11H10BrN. The molecule has 1 aromatic heterocycles. The quantitative estimate of drug-likeness (QED) is 0.737. The van der Waals surface area contributed by atoms with Crippen LogP contribution in [0.1, 0.15) is 12.5 Å². The second-order valence-corrected chi connectivity index (χ2v) is 3.84. The van der Waals surface area contributed by atoms with E-state index in [1.165, 1.54) is 16.3 Å². The van der Waals surface area contributed by atoms with Crippen LogP contribution < -0.4 is 0 Å². The molecule has 2 heteroatoms. The number of aromatic nitrogens is 1. The fraction of sp³-hybridized carbons (Fsp3) is 0.182. The van der Waals surface area contributed by atoms with Crippen molar-refractivity contribution < 1.29 is 0 Å². The average molecular weight is 236 g/mol. The maximum absolute atomic E-state index is 4.20. The molecule has 0 amide bonds. The predicted molar refractivity (Wildman–Crippen MR) is 58.8 cm³/mol. The largest absolute Gasteiger partial charge is 0.264 e. The Morgan fingerprint density at radius 3 is 2.92 bits per heavy atom. The van der Waals surface area contributed by atoms with Crippen LogP contribution in [-0.2, 0) is 6.42 Å². The highest BCUT2D eigenvalue weighted by molar-refractivity contribution is 9.10. The number of benzene rings is 1. The Morgan fingerprint density at radius 1 is 1.31 bits per heavy atom. The first-order valence-electron chi connectivity index (χ1n) is 4.34. The molecule has 13 heavy (non-hydrogen) atoms. The second-order valence-electron chi connectivity index (χ2n) is 2.99. The predicted octanol–water partition coefficient (Wildman–Crippen LogP) is 3.56. The summed E-state index contributed by atoms with van der Waals surface area (Å²) >= 11 is 3.56. The van der Waals surface area contributed by atoms with E-state index in [1.807, 2.05) is 18.5 Å². The summed E-state index contributed by atoms with van der Waals surface area (Å²) in [5.41, 5.74) is 1.30. The monoisotopic (exact) mass is 235 g/mol. The molecule has 66 valence electrons. The molecule has 0 spiro atoms. The topological polar surface area (TPSA) is 12.9 Å². The third-order valence-corrected chi connectivity index (χ3v) is 2.85. The number of hydrogen-bond acceptors (Lipinski definition) is 1. The molecule has 2 aromatic rings. The zero-order valence-corrected chi connectivity index (χ0v) is 9.01. The summed E-state index contributed by atoms with van der Waals surface area (Å²) in [5.74, 6) is 0. The Balaban J connectivity index is 2.87. The van der Waals surface area contributed by atoms with Crippen LogP contribution in [0.15, 0.2) is 35.1 Å². The minimum Gasteiger partial charge on any atom is -0.264 e. The van der Waals surface area contributed by atoms with Crippen LogP contribution in [0.25, 0.3) is 10.8 Å². The first kappa shape index (κ1) is 8.70. The summed E-state index contributed by atoms with van der Waals surface area (Å²) in [6.45, 7) is 2.15. The minimum atomic E-state index is 1.02. The molecule has 0 fully saturated rings. The first-order chi connectivity index (χ1) is 6.33. The Hall–Kier alpha value is -0.890. The van der Waals surface area contributed by atoms with Crippen LogP contribution in [0.4, 0.5) is 0 Å². The van der Waals surface area contributed by atoms with Crippen molar-refractivity contribution in [1.29, 1.82) is 0 Å². The van der Waals surface area contributed by atoms with E-state index in [1.54, 1.807) is 0 Å². The van der Waals surface area contributed by atoms with E-state index in [2.05, 4.69) is 40.0 Å². The summed E-state index contributed by atoms with van der Waals surface area (Å²) in [6, 6.07) is 6.20. The Labute approximate surface area is 85.9 Å². The molecule has 0 atom stereocenters. The van der Waals surface area contributed by atoms with Crippen molar-refractivity contribution in [3.8, 4) is 0 Å². The van der Waals surface area contributed by atoms with E-state index < -0.39 is 0 Å². The molecule has 0 saturated heterocycles. The van der Waals surface area contributed by atoms with Gasteiger partial charge in [-0.2, -0.15) is 0 Å². The van der Waals surface area contributed by atoms with Crippen molar-refractivity contribution in [2.24, 2.45) is 0 Å². The van der Waals surface area contributed by atoms with Crippen molar-refractivity contribution >= 4 is 26.7 Å². The third kappa shape index (κ3) is 1.46. The molecular weight excluding hydrogens is 226 g/mol. The zero-order chi connectivity index (χ0) is 9.26. The zero-order valence-electron chi connectivity index (χ0n) is 7.42. The van der Waals surface area contributed by atoms with Crippen LogP contribution >= 0.6 is 15.9 Å². The summed E-state index contributed by atoms with van der Waals surface area (Å²) < 4.78 is 1.16. The Bertz CT molecular complexity index is 432. The normalized spacial score (nSPS) is 10.6. The number of rotatable bonds is 1. The highest BCUT2D eigenvalue weighted by Gasteiger charge is 2.02. The van der Waals surface area contributed by atoms with Crippen molar-refractivity contribution in [3.05, 3.63) is 40.6 Å². The fourth-order valence-corrected chi connectivity index (χ4v) is 2.16. The van der Waals surface area contributed by atoms with Crippen LogP contribution in [0.5, 0.6) is 0 Å². The lowest BCUT2D eigenvalue weighted by molar-refractivity contribution is 1.13. The molecule has 1 heterocycles. The van der Waals surface area contributed by atoms with Gasteiger partial charge in [0.05, 0.1) is 0 Å². The molecule has 0 aliphatic heterocycles. The van der Waals surface area contributed by atoms with Crippen LogP contribution in [-0.4, -0.2) is 4.98 Å². The van der Waals surface area contributed by atoms with Crippen molar-refractivity contribution in [2.45, 2.75) is 13.3 Å². The molecule has 1 nitrogen and oxygen atoms in total. The second kappa shape index (κ2) is 3.46. The van der Waals surface area contributed by atoms with E-state index in [0.29, 0.717) is 0 Å². The van der Waals surface area contributed by atoms with Gasteiger partial charge in [-0.15, -0.1) is 0 Å². The lowest BCUT2D eigenvalue weighted by Gasteiger charge is -2.04. The van der Waals surface area contributed by atoms with Gasteiger partial charge < -0.3 is 0 Å². The minimum absolute atomic E-state index is 1.02. The van der Waals surface area contributed by atoms with Gasteiger partial charge >= 0.3 is 0 Å². The average Bonchev–Trinajstić information content (AvgIpc) is 2.17. The summed E-state index contributed by atoms with van der Waals surface area (Å²) in [4.78, 5) is 4.20. The molecule has 0 bridgehead atoms. The van der Waals surface area contributed by atoms with Gasteiger partial charge in [0.2, 0.25) is 0 Å². The van der Waals surface area contributed by atoms with E-state index in [0.717, 1.165) is 10.9 Å². The van der Waals surface area contributed by atoms with Gasteiger partial charge in [-0.05, 0) is 18.1 Å². The van der Waals surface area contributed by atoms with Crippen LogP contribution in [0, 0.1) is 0 Å². The van der Waals surface area contributed by atoms with E-state index >= 15 is 0 Å². The maximum Gasteiger partial charge on any atom is 0.0346 e.